The fraction of sp³-hybridized carbons (Fsp3) is 0.292. The van der Waals surface area contributed by atoms with Crippen molar-refractivity contribution in [3.63, 3.8) is 0 Å². The lowest BCUT2D eigenvalue weighted by atomic mass is 10.0. The Morgan fingerprint density at radius 1 is 1.00 bits per heavy atom. The molecule has 0 unspecified atom stereocenters. The van der Waals surface area contributed by atoms with Crippen LogP contribution in [0.3, 0.4) is 0 Å². The van der Waals surface area contributed by atoms with E-state index in [1.807, 2.05) is 36.4 Å². The molecule has 4 N–H and O–H groups in total. The molecule has 1 saturated heterocycles. The van der Waals surface area contributed by atoms with Gasteiger partial charge in [0.15, 0.2) is 0 Å². The lowest BCUT2D eigenvalue weighted by Gasteiger charge is -2.18. The van der Waals surface area contributed by atoms with Gasteiger partial charge in [-0.2, -0.15) is 0 Å². The maximum absolute atomic E-state index is 12.3. The van der Waals surface area contributed by atoms with E-state index < -0.39 is 0 Å². The fourth-order valence-corrected chi connectivity index (χ4v) is 4.12. The van der Waals surface area contributed by atoms with Crippen molar-refractivity contribution in [2.24, 2.45) is 0 Å². The molecule has 7 heteroatoms. The van der Waals surface area contributed by atoms with E-state index in [1.165, 1.54) is 11.3 Å². The van der Waals surface area contributed by atoms with Gasteiger partial charge in [-0.1, -0.05) is 12.1 Å². The first kappa shape index (κ1) is 19.5. The zero-order valence-corrected chi connectivity index (χ0v) is 17.3. The summed E-state index contributed by atoms with van der Waals surface area (Å²) < 4.78 is 0. The average Bonchev–Trinajstić information content (AvgIpc) is 3.35. The predicted molar refractivity (Wildman–Crippen MR) is 124 cm³/mol. The fourth-order valence-electron chi connectivity index (χ4n) is 4.12. The Balaban J connectivity index is 1.28. The number of nitrogens with zero attached hydrogens (tertiary/aromatic N) is 2. The van der Waals surface area contributed by atoms with Crippen LogP contribution in [0.1, 0.15) is 24.8 Å². The van der Waals surface area contributed by atoms with Crippen molar-refractivity contribution in [3.8, 4) is 11.3 Å². The standard InChI is InChI=1S/C24H26N6O/c31-23(22-4-2-13-26-22)28-18-7-5-16(6-8-18)21-11-14-27-24(30-21)29-19-9-10-20-17(15-19)3-1-12-25-20/h5-11,14-15,22,25-26H,1-4,12-13H2,(H,28,31)(H,27,29,30)/t22-/m1/s1. The maximum atomic E-state index is 12.3. The first-order valence-electron chi connectivity index (χ1n) is 10.9. The van der Waals surface area contributed by atoms with Gasteiger partial charge in [0.05, 0.1) is 11.7 Å². The summed E-state index contributed by atoms with van der Waals surface area (Å²) in [6.07, 6.45) is 5.92. The van der Waals surface area contributed by atoms with Gasteiger partial charge in [-0.25, -0.2) is 9.97 Å². The molecular weight excluding hydrogens is 388 g/mol. The summed E-state index contributed by atoms with van der Waals surface area (Å²) >= 11 is 0. The minimum Gasteiger partial charge on any atom is -0.385 e. The van der Waals surface area contributed by atoms with E-state index in [9.17, 15) is 4.79 Å². The summed E-state index contributed by atoms with van der Waals surface area (Å²) in [5.41, 5.74) is 6.10. The van der Waals surface area contributed by atoms with Crippen molar-refractivity contribution in [2.75, 3.05) is 29.0 Å². The Hall–Kier alpha value is -3.45. The minimum atomic E-state index is -0.0884. The number of benzene rings is 2. The largest absolute Gasteiger partial charge is 0.385 e. The number of anilines is 4. The van der Waals surface area contributed by atoms with Crippen molar-refractivity contribution in [1.82, 2.24) is 15.3 Å². The number of fused-ring (bicyclic) bond motifs is 1. The molecule has 0 aliphatic carbocycles. The van der Waals surface area contributed by atoms with Crippen LogP contribution >= 0.6 is 0 Å². The third-order valence-corrected chi connectivity index (χ3v) is 5.78. The van der Waals surface area contributed by atoms with Gasteiger partial charge in [-0.3, -0.25) is 4.79 Å². The highest BCUT2D eigenvalue weighted by Gasteiger charge is 2.21. The number of aromatic nitrogens is 2. The number of rotatable bonds is 5. The second-order valence-electron chi connectivity index (χ2n) is 8.01. The number of carbonyl (C=O) groups excluding carboxylic acids is 1. The highest BCUT2D eigenvalue weighted by atomic mass is 16.2. The summed E-state index contributed by atoms with van der Waals surface area (Å²) in [5.74, 6) is 0.588. The second-order valence-corrected chi connectivity index (χ2v) is 8.01. The molecule has 31 heavy (non-hydrogen) atoms. The van der Waals surface area contributed by atoms with Crippen LogP contribution in [0.25, 0.3) is 11.3 Å². The Labute approximate surface area is 181 Å². The van der Waals surface area contributed by atoms with E-state index in [2.05, 4.69) is 43.4 Å². The summed E-state index contributed by atoms with van der Waals surface area (Å²) in [4.78, 5) is 21.3. The van der Waals surface area contributed by atoms with E-state index in [4.69, 9.17) is 0 Å². The summed E-state index contributed by atoms with van der Waals surface area (Å²) in [7, 11) is 0. The molecule has 1 aromatic heterocycles. The highest BCUT2D eigenvalue weighted by molar-refractivity contribution is 5.95. The predicted octanol–water partition coefficient (Wildman–Crippen LogP) is 3.94. The summed E-state index contributed by atoms with van der Waals surface area (Å²) in [6.45, 7) is 1.94. The summed E-state index contributed by atoms with van der Waals surface area (Å²) in [5, 5.41) is 12.9. The number of nitrogens with one attached hydrogen (secondary N) is 4. The van der Waals surface area contributed by atoms with Crippen molar-refractivity contribution in [3.05, 3.63) is 60.3 Å². The quantitative estimate of drug-likeness (QED) is 0.506. The van der Waals surface area contributed by atoms with Gasteiger partial charge in [-0.05, 0) is 74.2 Å². The topological polar surface area (TPSA) is 91.0 Å². The zero-order chi connectivity index (χ0) is 21.0. The van der Waals surface area contributed by atoms with Crippen molar-refractivity contribution in [1.29, 1.82) is 0 Å². The molecule has 0 radical (unpaired) electrons. The van der Waals surface area contributed by atoms with Crippen LogP contribution in [0.5, 0.6) is 0 Å². The van der Waals surface area contributed by atoms with E-state index in [-0.39, 0.29) is 11.9 Å². The number of hydrogen-bond acceptors (Lipinski definition) is 6. The smallest absolute Gasteiger partial charge is 0.241 e. The van der Waals surface area contributed by atoms with Crippen LogP contribution in [-0.2, 0) is 11.2 Å². The first-order chi connectivity index (χ1) is 15.2. The van der Waals surface area contributed by atoms with E-state index in [0.717, 1.165) is 61.4 Å². The van der Waals surface area contributed by atoms with Gasteiger partial charge < -0.3 is 21.3 Å². The third kappa shape index (κ3) is 4.51. The Morgan fingerprint density at radius 3 is 2.71 bits per heavy atom. The van der Waals surface area contributed by atoms with Gasteiger partial charge in [0, 0.05) is 35.4 Å². The minimum absolute atomic E-state index is 0.0269. The molecule has 2 aliphatic rings. The lowest BCUT2D eigenvalue weighted by molar-refractivity contribution is -0.117. The first-order valence-corrected chi connectivity index (χ1v) is 10.9. The second kappa shape index (κ2) is 8.73. The molecule has 5 rings (SSSR count). The Bertz CT molecular complexity index is 1080. The highest BCUT2D eigenvalue weighted by Crippen LogP contribution is 2.27. The Morgan fingerprint density at radius 2 is 1.87 bits per heavy atom. The van der Waals surface area contributed by atoms with E-state index in [1.54, 1.807) is 6.20 Å². The SMILES string of the molecule is O=C(Nc1ccc(-c2ccnc(Nc3ccc4c(c3)CCCN4)n2)cc1)[C@H]1CCCN1. The number of amides is 1. The molecule has 2 aromatic carbocycles. The molecule has 158 valence electrons. The molecule has 7 nitrogen and oxygen atoms in total. The normalized spacial score (nSPS) is 17.5. The van der Waals surface area contributed by atoms with Gasteiger partial charge in [-0.15, -0.1) is 0 Å². The molecule has 3 aromatic rings. The third-order valence-electron chi connectivity index (χ3n) is 5.78. The van der Waals surface area contributed by atoms with Gasteiger partial charge >= 0.3 is 0 Å². The van der Waals surface area contributed by atoms with E-state index >= 15 is 0 Å². The summed E-state index contributed by atoms with van der Waals surface area (Å²) in [6, 6.07) is 15.9. The molecule has 2 aliphatic heterocycles. The molecule has 0 spiro atoms. The lowest BCUT2D eigenvalue weighted by Crippen LogP contribution is -2.35. The van der Waals surface area contributed by atoms with Gasteiger partial charge in [0.25, 0.3) is 0 Å². The molecule has 1 fully saturated rings. The molecule has 1 amide bonds. The maximum Gasteiger partial charge on any atom is 0.241 e. The van der Waals surface area contributed by atoms with Crippen LogP contribution in [0, 0.1) is 0 Å². The van der Waals surface area contributed by atoms with E-state index in [0.29, 0.717) is 5.95 Å². The molecule has 1 atom stereocenters. The molecule has 0 bridgehead atoms. The van der Waals surface area contributed by atoms with Gasteiger partial charge in [0.1, 0.15) is 0 Å². The molecule has 3 heterocycles. The van der Waals surface area contributed by atoms with Crippen molar-refractivity contribution < 1.29 is 4.79 Å². The molecule has 0 saturated carbocycles. The number of carbonyl (C=O) groups is 1. The van der Waals surface area contributed by atoms with Crippen molar-refractivity contribution in [2.45, 2.75) is 31.7 Å². The Kier molecular flexibility index (Phi) is 5.50. The average molecular weight is 415 g/mol. The number of aryl methyl sites for hydroxylation is 1. The monoisotopic (exact) mass is 414 g/mol. The van der Waals surface area contributed by atoms with Crippen LogP contribution in [0.2, 0.25) is 0 Å². The van der Waals surface area contributed by atoms with Crippen LogP contribution in [0.4, 0.5) is 23.0 Å². The number of hydrogen-bond donors (Lipinski definition) is 4. The van der Waals surface area contributed by atoms with Crippen molar-refractivity contribution >= 4 is 28.9 Å². The zero-order valence-electron chi connectivity index (χ0n) is 17.3. The molecular formula is C24H26N6O. The van der Waals surface area contributed by atoms with Crippen LogP contribution in [-0.4, -0.2) is 35.0 Å². The van der Waals surface area contributed by atoms with Gasteiger partial charge in [0.2, 0.25) is 11.9 Å². The van der Waals surface area contributed by atoms with Crippen LogP contribution < -0.4 is 21.3 Å². The van der Waals surface area contributed by atoms with Crippen LogP contribution in [0.15, 0.2) is 54.7 Å².